The fourth-order valence-electron chi connectivity index (χ4n) is 3.80. The lowest BCUT2D eigenvalue weighted by Gasteiger charge is -2.25. The normalized spacial score (nSPS) is 18.0. The Morgan fingerprint density at radius 2 is 1.80 bits per heavy atom. The molecular weight excluding hydrogens is 380 g/mol. The molecule has 1 N–H and O–H groups in total. The number of Topliss-reactive ketones (excluding diaryl/α,β-unsaturated/α-hetero) is 1. The first-order valence-electron chi connectivity index (χ1n) is 10.0. The van der Waals surface area contributed by atoms with Gasteiger partial charge in [-0.05, 0) is 43.2 Å². The number of ketones is 1. The predicted octanol–water partition coefficient (Wildman–Crippen LogP) is 3.90. The molecule has 0 radical (unpaired) electrons. The number of methoxy groups -OCH3 is 1. The highest BCUT2D eigenvalue weighted by Crippen LogP contribution is 2.41. The number of likely N-dealkylation sites (tertiary alicyclic amines) is 1. The van der Waals surface area contributed by atoms with Gasteiger partial charge in [0.25, 0.3) is 11.7 Å². The molecule has 30 heavy (non-hydrogen) atoms. The maximum Gasteiger partial charge on any atom is 0.295 e. The number of rotatable bonds is 6. The number of aliphatic hydroxyl groups excluding tert-OH is 1. The van der Waals surface area contributed by atoms with Gasteiger partial charge in [0, 0.05) is 26.3 Å². The van der Waals surface area contributed by atoms with Crippen LogP contribution in [0.15, 0.2) is 48.0 Å². The number of nitrogens with zero attached hydrogens (tertiary/aromatic N) is 2. The van der Waals surface area contributed by atoms with E-state index in [0.29, 0.717) is 24.3 Å². The zero-order valence-electron chi connectivity index (χ0n) is 18.1. The molecule has 0 bridgehead atoms. The summed E-state index contributed by atoms with van der Waals surface area (Å²) in [4.78, 5) is 29.3. The summed E-state index contributed by atoms with van der Waals surface area (Å²) in [6, 6.07) is 12.4. The van der Waals surface area contributed by atoms with Gasteiger partial charge in [-0.15, -0.1) is 0 Å². The first-order valence-corrected chi connectivity index (χ1v) is 10.0. The second kappa shape index (κ2) is 8.61. The van der Waals surface area contributed by atoms with Crippen molar-refractivity contribution in [3.63, 3.8) is 0 Å². The molecule has 1 fully saturated rings. The summed E-state index contributed by atoms with van der Waals surface area (Å²) < 4.78 is 5.39. The Hall–Kier alpha value is -3.28. The van der Waals surface area contributed by atoms with E-state index in [1.807, 2.05) is 63.2 Å². The second-order valence-electron chi connectivity index (χ2n) is 7.68. The molecule has 1 unspecified atom stereocenters. The van der Waals surface area contributed by atoms with E-state index in [2.05, 4.69) is 0 Å². The molecule has 6 heteroatoms. The molecule has 0 saturated carbocycles. The minimum Gasteiger partial charge on any atom is -0.507 e. The van der Waals surface area contributed by atoms with Gasteiger partial charge in [0.05, 0.1) is 24.3 Å². The summed E-state index contributed by atoms with van der Waals surface area (Å²) >= 11 is 0. The number of hydrogen-bond acceptors (Lipinski definition) is 5. The molecule has 158 valence electrons. The molecule has 1 atom stereocenters. The Kier molecular flexibility index (Phi) is 6.15. The van der Waals surface area contributed by atoms with E-state index >= 15 is 0 Å². The number of carbonyl (C=O) groups excluding carboxylic acids is 2. The fraction of sp³-hybridized carbons (Fsp3) is 0.333. The topological polar surface area (TPSA) is 70.1 Å². The van der Waals surface area contributed by atoms with Crippen LogP contribution in [0.2, 0.25) is 0 Å². The molecule has 1 saturated heterocycles. The molecule has 1 amide bonds. The molecule has 0 aliphatic carbocycles. The van der Waals surface area contributed by atoms with Crippen LogP contribution in [-0.4, -0.2) is 49.4 Å². The average molecular weight is 408 g/mol. The lowest BCUT2D eigenvalue weighted by Crippen LogP contribution is -2.30. The van der Waals surface area contributed by atoms with Gasteiger partial charge >= 0.3 is 0 Å². The van der Waals surface area contributed by atoms with E-state index in [1.54, 1.807) is 17.0 Å². The van der Waals surface area contributed by atoms with Crippen LogP contribution in [0, 0.1) is 6.92 Å². The number of carbonyl (C=O) groups is 2. The van der Waals surface area contributed by atoms with Gasteiger partial charge in [0.1, 0.15) is 11.5 Å². The molecule has 0 spiro atoms. The Bertz CT molecular complexity index is 993. The van der Waals surface area contributed by atoms with Gasteiger partial charge in [0.2, 0.25) is 0 Å². The third kappa shape index (κ3) is 3.77. The van der Waals surface area contributed by atoms with Crippen LogP contribution in [-0.2, 0) is 9.59 Å². The highest BCUT2D eigenvalue weighted by molar-refractivity contribution is 6.46. The number of benzene rings is 2. The molecule has 6 nitrogen and oxygen atoms in total. The standard InChI is InChI=1S/C24H28N2O4/c1-6-13-26-21(16-8-10-17(11-9-16)25(3)4)20(23(28)24(26)29)22(27)18-14-15(2)7-12-19(18)30-5/h7-12,14,21,27H,6,13H2,1-5H3/b22-20+. The Labute approximate surface area is 177 Å². The Morgan fingerprint density at radius 3 is 2.37 bits per heavy atom. The van der Waals surface area contributed by atoms with Gasteiger partial charge in [-0.2, -0.15) is 0 Å². The van der Waals surface area contributed by atoms with Crippen molar-refractivity contribution >= 4 is 23.1 Å². The lowest BCUT2D eigenvalue weighted by atomic mass is 9.94. The molecule has 1 heterocycles. The van der Waals surface area contributed by atoms with E-state index in [1.165, 1.54) is 7.11 Å². The van der Waals surface area contributed by atoms with Crippen molar-refractivity contribution in [2.45, 2.75) is 26.3 Å². The first-order chi connectivity index (χ1) is 14.3. The largest absolute Gasteiger partial charge is 0.507 e. The summed E-state index contributed by atoms with van der Waals surface area (Å²) in [6.07, 6.45) is 0.701. The first kappa shape index (κ1) is 21.4. The molecule has 2 aromatic carbocycles. The van der Waals surface area contributed by atoms with Gasteiger partial charge < -0.3 is 19.6 Å². The van der Waals surface area contributed by atoms with Gasteiger partial charge in [-0.1, -0.05) is 30.7 Å². The summed E-state index contributed by atoms with van der Waals surface area (Å²) in [7, 11) is 5.40. The number of anilines is 1. The van der Waals surface area contributed by atoms with Crippen molar-refractivity contribution in [2.75, 3.05) is 32.6 Å². The molecule has 2 aromatic rings. The zero-order chi connectivity index (χ0) is 22.0. The Balaban J connectivity index is 2.21. The van der Waals surface area contributed by atoms with Crippen molar-refractivity contribution in [1.82, 2.24) is 4.90 Å². The van der Waals surface area contributed by atoms with Crippen LogP contribution in [0.4, 0.5) is 5.69 Å². The van der Waals surface area contributed by atoms with Crippen molar-refractivity contribution in [2.24, 2.45) is 0 Å². The Morgan fingerprint density at radius 1 is 1.13 bits per heavy atom. The van der Waals surface area contributed by atoms with Crippen molar-refractivity contribution in [3.05, 3.63) is 64.7 Å². The number of amides is 1. The van der Waals surface area contributed by atoms with Gasteiger partial charge in [-0.25, -0.2) is 0 Å². The minimum atomic E-state index is -0.675. The lowest BCUT2D eigenvalue weighted by molar-refractivity contribution is -0.139. The number of aliphatic hydroxyl groups is 1. The molecular formula is C24H28N2O4. The molecule has 3 rings (SSSR count). The van der Waals surface area contributed by atoms with Gasteiger partial charge in [-0.3, -0.25) is 9.59 Å². The summed E-state index contributed by atoms with van der Waals surface area (Å²) in [5, 5.41) is 11.2. The second-order valence-corrected chi connectivity index (χ2v) is 7.68. The summed E-state index contributed by atoms with van der Waals surface area (Å²) in [6.45, 7) is 4.27. The zero-order valence-corrected chi connectivity index (χ0v) is 18.1. The monoisotopic (exact) mass is 408 g/mol. The highest BCUT2D eigenvalue weighted by atomic mass is 16.5. The highest BCUT2D eigenvalue weighted by Gasteiger charge is 2.45. The third-order valence-corrected chi connectivity index (χ3v) is 5.34. The van der Waals surface area contributed by atoms with Gasteiger partial charge in [0.15, 0.2) is 0 Å². The third-order valence-electron chi connectivity index (χ3n) is 5.34. The number of ether oxygens (including phenoxy) is 1. The fourth-order valence-corrected chi connectivity index (χ4v) is 3.80. The quantitative estimate of drug-likeness (QED) is 0.446. The van der Waals surface area contributed by atoms with Crippen LogP contribution in [0.5, 0.6) is 5.75 Å². The van der Waals surface area contributed by atoms with Crippen LogP contribution >= 0.6 is 0 Å². The molecule has 1 aliphatic rings. The number of aryl methyl sites for hydroxylation is 1. The van der Waals surface area contributed by atoms with E-state index in [0.717, 1.165) is 16.8 Å². The van der Waals surface area contributed by atoms with Crippen LogP contribution in [0.1, 0.15) is 36.1 Å². The molecule has 0 aromatic heterocycles. The maximum atomic E-state index is 13.0. The van der Waals surface area contributed by atoms with E-state index in [9.17, 15) is 14.7 Å². The van der Waals surface area contributed by atoms with E-state index in [-0.39, 0.29) is 11.3 Å². The maximum absolute atomic E-state index is 13.0. The van der Waals surface area contributed by atoms with Crippen LogP contribution < -0.4 is 9.64 Å². The van der Waals surface area contributed by atoms with E-state index < -0.39 is 17.7 Å². The smallest absolute Gasteiger partial charge is 0.295 e. The van der Waals surface area contributed by atoms with E-state index in [4.69, 9.17) is 4.74 Å². The summed E-state index contributed by atoms with van der Waals surface area (Å²) in [5.74, 6) is -1.03. The number of hydrogen-bond donors (Lipinski definition) is 1. The van der Waals surface area contributed by atoms with Crippen molar-refractivity contribution in [3.8, 4) is 5.75 Å². The van der Waals surface area contributed by atoms with Crippen molar-refractivity contribution in [1.29, 1.82) is 0 Å². The molecule has 1 aliphatic heterocycles. The van der Waals surface area contributed by atoms with Crippen LogP contribution in [0.25, 0.3) is 5.76 Å². The average Bonchev–Trinajstić information content (AvgIpc) is 2.98. The van der Waals surface area contributed by atoms with Crippen molar-refractivity contribution < 1.29 is 19.4 Å². The SMILES string of the molecule is CCCN1C(=O)C(=O)/C(=C(/O)c2cc(C)ccc2OC)C1c1ccc(N(C)C)cc1. The van der Waals surface area contributed by atoms with Crippen LogP contribution in [0.3, 0.4) is 0 Å². The summed E-state index contributed by atoms with van der Waals surface area (Å²) in [5.41, 5.74) is 3.19. The predicted molar refractivity (Wildman–Crippen MR) is 118 cm³/mol. The minimum absolute atomic E-state index is 0.0925.